The minimum atomic E-state index is -3.25. The Morgan fingerprint density at radius 1 is 1.29 bits per heavy atom. The fourth-order valence-corrected chi connectivity index (χ4v) is 3.45. The van der Waals surface area contributed by atoms with E-state index in [-0.39, 0.29) is 5.75 Å². The van der Waals surface area contributed by atoms with Gasteiger partial charge in [0.2, 0.25) is 10.0 Å². The molecule has 0 fully saturated rings. The highest BCUT2D eigenvalue weighted by molar-refractivity contribution is 7.88. The quantitative estimate of drug-likeness (QED) is 0.611. The van der Waals surface area contributed by atoms with Gasteiger partial charge in [-0.3, -0.25) is 4.99 Å². The van der Waals surface area contributed by atoms with Crippen LogP contribution in [-0.2, 0) is 15.8 Å². The Hall–Kier alpha value is -1.60. The molecule has 0 aliphatic carbocycles. The van der Waals surface area contributed by atoms with Gasteiger partial charge in [-0.25, -0.2) is 13.1 Å². The Bertz CT molecular complexity index is 572. The molecule has 0 amide bonds. The first-order chi connectivity index (χ1) is 10.1. The predicted octanol–water partition coefficient (Wildman–Crippen LogP) is 0.563. The maximum absolute atomic E-state index is 11.9. The molecule has 4 N–H and O–H groups in total. The number of sulfonamides is 1. The molecule has 21 heavy (non-hydrogen) atoms. The second-order valence-corrected chi connectivity index (χ2v) is 7.01. The molecule has 7 heteroatoms. The number of guanidine groups is 1. The van der Waals surface area contributed by atoms with Gasteiger partial charge in [0.25, 0.3) is 0 Å². The predicted molar refractivity (Wildman–Crippen MR) is 84.3 cm³/mol. The van der Waals surface area contributed by atoms with Crippen LogP contribution in [0.2, 0.25) is 0 Å². The molecular weight excluding hydrogens is 288 g/mol. The topological polar surface area (TPSA) is 96.6 Å². The SMILES string of the molecule is NC1=NC[C@H](CCCCNS(=O)(=O)Cc2ccccc2)N1. The van der Waals surface area contributed by atoms with E-state index in [1.165, 1.54) is 0 Å². The van der Waals surface area contributed by atoms with Crippen molar-refractivity contribution in [2.24, 2.45) is 10.7 Å². The van der Waals surface area contributed by atoms with Gasteiger partial charge < -0.3 is 11.1 Å². The van der Waals surface area contributed by atoms with Crippen LogP contribution in [0.5, 0.6) is 0 Å². The number of rotatable bonds is 8. The summed E-state index contributed by atoms with van der Waals surface area (Å²) in [4.78, 5) is 4.07. The van der Waals surface area contributed by atoms with Gasteiger partial charge in [0.05, 0.1) is 12.3 Å². The second kappa shape index (κ2) is 7.42. The van der Waals surface area contributed by atoms with E-state index in [4.69, 9.17) is 5.73 Å². The van der Waals surface area contributed by atoms with Crippen molar-refractivity contribution in [3.8, 4) is 0 Å². The van der Waals surface area contributed by atoms with Gasteiger partial charge in [0.1, 0.15) is 0 Å². The Morgan fingerprint density at radius 3 is 2.71 bits per heavy atom. The first-order valence-electron chi connectivity index (χ1n) is 7.13. The van der Waals surface area contributed by atoms with Gasteiger partial charge in [0, 0.05) is 12.6 Å². The first-order valence-corrected chi connectivity index (χ1v) is 8.78. The molecule has 1 aliphatic rings. The summed E-state index contributed by atoms with van der Waals surface area (Å²) in [5, 5.41) is 3.08. The van der Waals surface area contributed by atoms with Crippen LogP contribution >= 0.6 is 0 Å². The molecule has 0 aromatic heterocycles. The summed E-state index contributed by atoms with van der Waals surface area (Å²) >= 11 is 0. The number of hydrogen-bond donors (Lipinski definition) is 3. The molecule has 0 spiro atoms. The van der Waals surface area contributed by atoms with Crippen LogP contribution in [0, 0.1) is 0 Å². The summed E-state index contributed by atoms with van der Waals surface area (Å²) in [5.74, 6) is 0.533. The van der Waals surface area contributed by atoms with Gasteiger partial charge in [-0.05, 0) is 18.4 Å². The third-order valence-corrected chi connectivity index (χ3v) is 4.69. The monoisotopic (exact) mass is 310 g/mol. The van der Waals surface area contributed by atoms with Crippen molar-refractivity contribution in [1.82, 2.24) is 10.0 Å². The molecule has 0 saturated heterocycles. The number of benzene rings is 1. The Morgan fingerprint density at radius 2 is 2.05 bits per heavy atom. The number of unbranched alkanes of at least 4 members (excludes halogenated alkanes) is 1. The molecule has 0 bridgehead atoms. The lowest BCUT2D eigenvalue weighted by Gasteiger charge is -2.10. The maximum Gasteiger partial charge on any atom is 0.215 e. The number of hydrogen-bond acceptors (Lipinski definition) is 5. The average Bonchev–Trinajstić information content (AvgIpc) is 2.84. The summed E-state index contributed by atoms with van der Waals surface area (Å²) in [6.07, 6.45) is 2.70. The smallest absolute Gasteiger partial charge is 0.215 e. The highest BCUT2D eigenvalue weighted by atomic mass is 32.2. The van der Waals surface area contributed by atoms with Gasteiger partial charge in [-0.1, -0.05) is 36.8 Å². The van der Waals surface area contributed by atoms with Crippen molar-refractivity contribution in [2.75, 3.05) is 13.1 Å². The molecular formula is C14H22N4O2S. The number of nitrogens with two attached hydrogens (primary N) is 1. The van der Waals surface area contributed by atoms with E-state index in [9.17, 15) is 8.42 Å². The third kappa shape index (κ3) is 5.73. The van der Waals surface area contributed by atoms with Crippen LogP contribution in [0.4, 0.5) is 0 Å². The van der Waals surface area contributed by atoms with Crippen LogP contribution < -0.4 is 15.8 Å². The van der Waals surface area contributed by atoms with Crippen molar-refractivity contribution < 1.29 is 8.42 Å². The molecule has 2 rings (SSSR count). The van der Waals surface area contributed by atoms with E-state index >= 15 is 0 Å². The van der Waals surface area contributed by atoms with Crippen LogP contribution in [0.1, 0.15) is 24.8 Å². The van der Waals surface area contributed by atoms with Crippen LogP contribution in [-0.4, -0.2) is 33.5 Å². The van der Waals surface area contributed by atoms with Crippen molar-refractivity contribution >= 4 is 16.0 Å². The van der Waals surface area contributed by atoms with E-state index in [1.54, 1.807) is 0 Å². The van der Waals surface area contributed by atoms with Gasteiger partial charge >= 0.3 is 0 Å². The highest BCUT2D eigenvalue weighted by Gasteiger charge is 2.14. The average molecular weight is 310 g/mol. The second-order valence-electron chi connectivity index (χ2n) is 5.20. The van der Waals surface area contributed by atoms with Crippen LogP contribution in [0.15, 0.2) is 35.3 Å². The van der Waals surface area contributed by atoms with Gasteiger partial charge in [-0.15, -0.1) is 0 Å². The third-order valence-electron chi connectivity index (χ3n) is 3.33. The largest absolute Gasteiger partial charge is 0.370 e. The standard InChI is InChI=1S/C14H22N4O2S/c15-14-16-10-13(18-14)8-4-5-9-17-21(19,20)11-12-6-2-1-3-7-12/h1-3,6-7,13,17H,4-5,8-11H2,(H3,15,16,18)/t13-/m0/s1. The van der Waals surface area contributed by atoms with E-state index < -0.39 is 10.0 Å². The van der Waals surface area contributed by atoms with E-state index in [1.807, 2.05) is 30.3 Å². The molecule has 1 atom stereocenters. The molecule has 0 radical (unpaired) electrons. The molecule has 116 valence electrons. The normalized spacial score (nSPS) is 18.3. The summed E-state index contributed by atoms with van der Waals surface area (Å²) < 4.78 is 26.4. The molecule has 1 aliphatic heterocycles. The molecule has 0 saturated carbocycles. The maximum atomic E-state index is 11.9. The van der Waals surface area contributed by atoms with Crippen LogP contribution in [0.3, 0.4) is 0 Å². The fourth-order valence-electron chi connectivity index (χ4n) is 2.26. The number of nitrogens with one attached hydrogen (secondary N) is 2. The summed E-state index contributed by atoms with van der Waals surface area (Å²) in [7, 11) is -3.25. The van der Waals surface area contributed by atoms with Crippen molar-refractivity contribution in [3.63, 3.8) is 0 Å². The van der Waals surface area contributed by atoms with Crippen LogP contribution in [0.25, 0.3) is 0 Å². The Kier molecular flexibility index (Phi) is 5.58. The minimum absolute atomic E-state index is 0.0302. The zero-order chi connectivity index (χ0) is 15.1. The summed E-state index contributed by atoms with van der Waals surface area (Å²) in [6.45, 7) is 1.18. The minimum Gasteiger partial charge on any atom is -0.370 e. The number of aliphatic imine (C=N–C) groups is 1. The van der Waals surface area contributed by atoms with Crippen molar-refractivity contribution in [1.29, 1.82) is 0 Å². The molecule has 6 nitrogen and oxygen atoms in total. The lowest BCUT2D eigenvalue weighted by Crippen LogP contribution is -2.35. The highest BCUT2D eigenvalue weighted by Crippen LogP contribution is 2.06. The van der Waals surface area contributed by atoms with E-state index in [0.29, 0.717) is 25.1 Å². The summed E-state index contributed by atoms with van der Waals surface area (Å²) in [6, 6.07) is 9.48. The first kappa shape index (κ1) is 15.8. The van der Waals surface area contributed by atoms with E-state index in [0.717, 1.165) is 24.8 Å². The van der Waals surface area contributed by atoms with E-state index in [2.05, 4.69) is 15.0 Å². The molecule has 1 aromatic carbocycles. The molecule has 1 aromatic rings. The molecule has 0 unspecified atom stereocenters. The fraction of sp³-hybridized carbons (Fsp3) is 0.500. The zero-order valence-corrected chi connectivity index (χ0v) is 12.8. The van der Waals surface area contributed by atoms with Crippen molar-refractivity contribution in [3.05, 3.63) is 35.9 Å². The van der Waals surface area contributed by atoms with Crippen molar-refractivity contribution in [2.45, 2.75) is 31.1 Å². The zero-order valence-electron chi connectivity index (χ0n) is 12.0. The summed E-state index contributed by atoms with van der Waals surface area (Å²) in [5.41, 5.74) is 6.33. The van der Waals surface area contributed by atoms with Gasteiger partial charge in [0.15, 0.2) is 5.96 Å². The lowest BCUT2D eigenvalue weighted by molar-refractivity contribution is 0.543. The Labute approximate surface area is 125 Å². The Balaban J connectivity index is 1.61. The molecule has 1 heterocycles. The number of nitrogens with zero attached hydrogens (tertiary/aromatic N) is 1. The van der Waals surface area contributed by atoms with Gasteiger partial charge in [-0.2, -0.15) is 0 Å². The lowest BCUT2D eigenvalue weighted by atomic mass is 10.1.